The molecule has 2 N–H and O–H groups in total. The maximum absolute atomic E-state index is 12.3. The van der Waals surface area contributed by atoms with E-state index in [1.165, 1.54) is 0 Å². The lowest BCUT2D eigenvalue weighted by atomic mass is 10.1. The lowest BCUT2D eigenvalue weighted by Crippen LogP contribution is -2.36. The highest BCUT2D eigenvalue weighted by Gasteiger charge is 2.20. The van der Waals surface area contributed by atoms with Crippen LogP contribution < -0.4 is 10.2 Å². The van der Waals surface area contributed by atoms with Crippen LogP contribution in [0.5, 0.6) is 0 Å². The van der Waals surface area contributed by atoms with E-state index in [1.807, 2.05) is 24.3 Å². The van der Waals surface area contributed by atoms with Crippen LogP contribution in [-0.4, -0.2) is 59.9 Å². The first-order valence-corrected chi connectivity index (χ1v) is 10.6. The highest BCUT2D eigenvalue weighted by molar-refractivity contribution is 7.22. The Morgan fingerprint density at radius 1 is 1.34 bits per heavy atom. The fourth-order valence-electron chi connectivity index (χ4n) is 3.18. The summed E-state index contributed by atoms with van der Waals surface area (Å²) in [4.78, 5) is 24.3. The molecule has 0 aliphatic carbocycles. The Bertz CT molecular complexity index is 1030. The van der Waals surface area contributed by atoms with Crippen molar-refractivity contribution >= 4 is 44.9 Å². The molecule has 0 saturated carbocycles. The first-order chi connectivity index (χ1) is 14.0. The Morgan fingerprint density at radius 2 is 2.14 bits per heavy atom. The number of thiophene rings is 1. The van der Waals surface area contributed by atoms with E-state index < -0.39 is 6.10 Å². The van der Waals surface area contributed by atoms with Crippen molar-refractivity contribution in [3.05, 3.63) is 41.2 Å². The molecule has 9 heteroatoms. The van der Waals surface area contributed by atoms with E-state index in [1.54, 1.807) is 24.3 Å². The number of carbonyl (C=O) groups is 1. The number of hydrogen-bond donors (Lipinski definition) is 2. The molecule has 0 bridgehead atoms. The predicted octanol–water partition coefficient (Wildman–Crippen LogP) is 2.96. The van der Waals surface area contributed by atoms with Gasteiger partial charge in [-0.15, -0.1) is 11.3 Å². The molecule has 1 aromatic carbocycles. The molecular formula is C20H21ClN4O3S. The Kier molecular flexibility index (Phi) is 5.96. The summed E-state index contributed by atoms with van der Waals surface area (Å²) in [6, 6.07) is 9.37. The number of carbonyl (C=O) groups excluding carboxylic acids is 1. The summed E-state index contributed by atoms with van der Waals surface area (Å²) in [5.41, 5.74) is 2.25. The smallest absolute Gasteiger partial charge is 0.251 e. The van der Waals surface area contributed by atoms with Gasteiger partial charge in [-0.1, -0.05) is 12.1 Å². The van der Waals surface area contributed by atoms with Crippen LogP contribution in [0.15, 0.2) is 30.3 Å². The number of rotatable bonds is 5. The summed E-state index contributed by atoms with van der Waals surface area (Å²) in [6.07, 6.45) is -0.591. The maximum Gasteiger partial charge on any atom is 0.251 e. The van der Waals surface area contributed by atoms with Crippen LogP contribution in [0.25, 0.3) is 20.7 Å². The monoisotopic (exact) mass is 432 g/mol. The van der Waals surface area contributed by atoms with Gasteiger partial charge in [0.25, 0.3) is 5.91 Å². The summed E-state index contributed by atoms with van der Waals surface area (Å²) in [7, 11) is 0. The fraction of sp³-hybridized carbons (Fsp3) is 0.350. The number of aliphatic hydroxyl groups excluding tert-OH is 1. The molecule has 0 spiro atoms. The van der Waals surface area contributed by atoms with Gasteiger partial charge in [-0.05, 0) is 42.3 Å². The molecule has 1 amide bonds. The maximum atomic E-state index is 12.3. The normalized spacial score (nSPS) is 15.5. The molecule has 7 nitrogen and oxygen atoms in total. The predicted molar refractivity (Wildman–Crippen MR) is 115 cm³/mol. The van der Waals surface area contributed by atoms with Gasteiger partial charge in [0, 0.05) is 30.1 Å². The Hall–Kier alpha value is -2.26. The molecule has 1 atom stereocenters. The number of amides is 1. The molecule has 2 aromatic heterocycles. The van der Waals surface area contributed by atoms with Crippen molar-refractivity contribution in [2.75, 3.05) is 37.7 Å². The van der Waals surface area contributed by atoms with Crippen LogP contribution in [0, 0.1) is 0 Å². The molecule has 0 radical (unpaired) electrons. The van der Waals surface area contributed by atoms with Crippen LogP contribution >= 0.6 is 22.9 Å². The molecule has 3 heterocycles. The number of ether oxygens (including phenoxy) is 1. The standard InChI is InChI=1S/C20H21ClN4O3S/c1-12(26)11-22-19(27)14-4-2-3-13(9-14)16-10-15-17(29-16)18(24-20(21)23-15)25-5-7-28-8-6-25/h2-4,9-10,12,26H,5-8,11H2,1H3,(H,22,27). The van der Waals surface area contributed by atoms with E-state index in [9.17, 15) is 9.90 Å². The van der Waals surface area contributed by atoms with Crippen molar-refractivity contribution in [2.45, 2.75) is 13.0 Å². The van der Waals surface area contributed by atoms with Crippen molar-refractivity contribution in [1.29, 1.82) is 0 Å². The molecular weight excluding hydrogens is 412 g/mol. The van der Waals surface area contributed by atoms with Gasteiger partial charge >= 0.3 is 0 Å². The zero-order valence-electron chi connectivity index (χ0n) is 15.9. The summed E-state index contributed by atoms with van der Waals surface area (Å²) >= 11 is 7.76. The van der Waals surface area contributed by atoms with Crippen LogP contribution in [0.1, 0.15) is 17.3 Å². The van der Waals surface area contributed by atoms with Crippen molar-refractivity contribution < 1.29 is 14.6 Å². The van der Waals surface area contributed by atoms with Gasteiger partial charge in [-0.3, -0.25) is 4.79 Å². The second-order valence-corrected chi connectivity index (χ2v) is 8.27. The number of anilines is 1. The lowest BCUT2D eigenvalue weighted by Gasteiger charge is -2.28. The molecule has 1 unspecified atom stereocenters. The van der Waals surface area contributed by atoms with Crippen LogP contribution in [0.2, 0.25) is 5.28 Å². The number of fused-ring (bicyclic) bond motifs is 1. The lowest BCUT2D eigenvalue weighted by molar-refractivity contribution is 0.0924. The number of hydrogen-bond acceptors (Lipinski definition) is 7. The minimum atomic E-state index is -0.591. The van der Waals surface area contributed by atoms with Crippen molar-refractivity contribution in [1.82, 2.24) is 15.3 Å². The van der Waals surface area contributed by atoms with Crippen LogP contribution in [0.4, 0.5) is 5.82 Å². The fourth-order valence-corrected chi connectivity index (χ4v) is 4.46. The molecule has 29 heavy (non-hydrogen) atoms. The number of halogens is 1. The number of aliphatic hydroxyl groups is 1. The molecule has 1 fully saturated rings. The highest BCUT2D eigenvalue weighted by Crippen LogP contribution is 2.38. The van der Waals surface area contributed by atoms with Crippen LogP contribution in [0.3, 0.4) is 0 Å². The minimum Gasteiger partial charge on any atom is -0.392 e. The SMILES string of the molecule is CC(O)CNC(=O)c1cccc(-c2cc3nc(Cl)nc(N4CCOCC4)c3s2)c1. The van der Waals surface area contributed by atoms with Gasteiger partial charge in [-0.25, -0.2) is 4.98 Å². The van der Waals surface area contributed by atoms with E-state index >= 15 is 0 Å². The minimum absolute atomic E-state index is 0.211. The highest BCUT2D eigenvalue weighted by atomic mass is 35.5. The summed E-state index contributed by atoms with van der Waals surface area (Å²) in [5.74, 6) is 0.607. The largest absolute Gasteiger partial charge is 0.392 e. The number of nitrogens with one attached hydrogen (secondary N) is 1. The third-order valence-corrected chi connectivity index (χ3v) is 5.94. The summed E-state index contributed by atoms with van der Waals surface area (Å²) in [6.45, 7) is 4.67. The van der Waals surface area contributed by atoms with Gasteiger partial charge in [0.2, 0.25) is 5.28 Å². The second-order valence-electron chi connectivity index (χ2n) is 6.88. The molecule has 152 valence electrons. The van der Waals surface area contributed by atoms with Gasteiger partial charge in [0.1, 0.15) is 0 Å². The number of aromatic nitrogens is 2. The molecule has 1 aliphatic heterocycles. The number of nitrogens with zero attached hydrogens (tertiary/aromatic N) is 3. The van der Waals surface area contributed by atoms with E-state index in [0.29, 0.717) is 18.8 Å². The first kappa shape index (κ1) is 20.0. The second kappa shape index (κ2) is 8.62. The Morgan fingerprint density at radius 3 is 2.90 bits per heavy atom. The average molecular weight is 433 g/mol. The van der Waals surface area contributed by atoms with Gasteiger partial charge in [-0.2, -0.15) is 4.98 Å². The Balaban J connectivity index is 1.68. The van der Waals surface area contributed by atoms with Gasteiger partial charge in [0.05, 0.1) is 29.5 Å². The van der Waals surface area contributed by atoms with Crippen molar-refractivity contribution in [2.24, 2.45) is 0 Å². The average Bonchev–Trinajstić information content (AvgIpc) is 3.16. The van der Waals surface area contributed by atoms with Gasteiger partial charge < -0.3 is 20.1 Å². The Labute approximate surface area is 177 Å². The van der Waals surface area contributed by atoms with E-state index in [-0.39, 0.29) is 17.7 Å². The number of benzene rings is 1. The third-order valence-electron chi connectivity index (χ3n) is 4.60. The van der Waals surface area contributed by atoms with Crippen molar-refractivity contribution in [3.8, 4) is 10.4 Å². The van der Waals surface area contributed by atoms with Gasteiger partial charge in [0.15, 0.2) is 5.82 Å². The zero-order chi connectivity index (χ0) is 20.4. The third kappa shape index (κ3) is 4.51. The number of morpholine rings is 1. The molecule has 1 aliphatic rings. The molecule has 4 rings (SSSR count). The van der Waals surface area contributed by atoms with Crippen molar-refractivity contribution in [3.63, 3.8) is 0 Å². The molecule has 3 aromatic rings. The summed E-state index contributed by atoms with van der Waals surface area (Å²) < 4.78 is 6.41. The summed E-state index contributed by atoms with van der Waals surface area (Å²) in [5, 5.41) is 12.3. The quantitative estimate of drug-likeness (QED) is 0.603. The van der Waals surface area contributed by atoms with E-state index in [0.717, 1.165) is 39.6 Å². The van der Waals surface area contributed by atoms with Crippen LogP contribution in [-0.2, 0) is 4.74 Å². The van der Waals surface area contributed by atoms with E-state index in [2.05, 4.69) is 20.2 Å². The van der Waals surface area contributed by atoms with E-state index in [4.69, 9.17) is 16.3 Å². The molecule has 1 saturated heterocycles. The zero-order valence-corrected chi connectivity index (χ0v) is 17.5. The topological polar surface area (TPSA) is 87.6 Å². The first-order valence-electron chi connectivity index (χ1n) is 9.38.